The summed E-state index contributed by atoms with van der Waals surface area (Å²) < 4.78 is 5.69. The van der Waals surface area contributed by atoms with Gasteiger partial charge in [-0.3, -0.25) is 0 Å². The number of fused-ring (bicyclic) bond motifs is 1. The highest BCUT2D eigenvalue weighted by Crippen LogP contribution is 2.31. The third kappa shape index (κ3) is 2.77. The van der Waals surface area contributed by atoms with E-state index in [4.69, 9.17) is 4.74 Å². The number of rotatable bonds is 3. The minimum Gasteiger partial charge on any atom is -0.493 e. The van der Waals surface area contributed by atoms with Crippen LogP contribution in [0.5, 0.6) is 5.75 Å². The highest BCUT2D eigenvalue weighted by Gasteiger charge is 2.14. The number of aromatic amines is 1. The van der Waals surface area contributed by atoms with Crippen LogP contribution in [-0.4, -0.2) is 18.1 Å². The summed E-state index contributed by atoms with van der Waals surface area (Å²) >= 11 is 0. The van der Waals surface area contributed by atoms with Gasteiger partial charge in [0.2, 0.25) is 0 Å². The van der Waals surface area contributed by atoms with Gasteiger partial charge in [-0.05, 0) is 30.7 Å². The first-order chi connectivity index (χ1) is 8.88. The van der Waals surface area contributed by atoms with Gasteiger partial charge in [0, 0.05) is 36.5 Å². The van der Waals surface area contributed by atoms with E-state index in [1.54, 1.807) is 0 Å². The van der Waals surface area contributed by atoms with Crippen molar-refractivity contribution in [1.29, 1.82) is 0 Å². The molecule has 0 aliphatic carbocycles. The summed E-state index contributed by atoms with van der Waals surface area (Å²) in [6, 6.07) is 10.4. The SMILES string of the molecule is CCOc1ccccc1-c1cc2c([nH]1)CCNC2.Cl. The van der Waals surface area contributed by atoms with Crippen LogP contribution >= 0.6 is 12.4 Å². The van der Waals surface area contributed by atoms with Gasteiger partial charge in [0.15, 0.2) is 0 Å². The summed E-state index contributed by atoms with van der Waals surface area (Å²) in [5, 5.41) is 3.39. The summed E-state index contributed by atoms with van der Waals surface area (Å²) in [6.45, 7) is 4.72. The molecule has 4 heteroatoms. The van der Waals surface area contributed by atoms with E-state index in [1.165, 1.54) is 11.3 Å². The molecular weight excluding hydrogens is 260 g/mol. The van der Waals surface area contributed by atoms with Crippen molar-refractivity contribution in [3.05, 3.63) is 41.6 Å². The molecular formula is C15H19ClN2O. The number of benzene rings is 1. The Morgan fingerprint density at radius 2 is 2.11 bits per heavy atom. The minimum atomic E-state index is 0. The third-order valence-electron chi connectivity index (χ3n) is 3.34. The van der Waals surface area contributed by atoms with Gasteiger partial charge in [-0.25, -0.2) is 0 Å². The van der Waals surface area contributed by atoms with Gasteiger partial charge in [0.25, 0.3) is 0 Å². The Labute approximate surface area is 119 Å². The molecule has 102 valence electrons. The van der Waals surface area contributed by atoms with Crippen LogP contribution in [0.15, 0.2) is 30.3 Å². The maximum absolute atomic E-state index is 5.69. The topological polar surface area (TPSA) is 37.0 Å². The van der Waals surface area contributed by atoms with Crippen molar-refractivity contribution in [2.45, 2.75) is 19.9 Å². The maximum atomic E-state index is 5.69. The van der Waals surface area contributed by atoms with E-state index >= 15 is 0 Å². The zero-order valence-corrected chi connectivity index (χ0v) is 11.8. The van der Waals surface area contributed by atoms with E-state index in [-0.39, 0.29) is 12.4 Å². The van der Waals surface area contributed by atoms with Crippen LogP contribution in [0.4, 0.5) is 0 Å². The molecule has 19 heavy (non-hydrogen) atoms. The molecule has 1 aliphatic rings. The smallest absolute Gasteiger partial charge is 0.128 e. The highest BCUT2D eigenvalue weighted by atomic mass is 35.5. The first-order valence-corrected chi connectivity index (χ1v) is 6.52. The molecule has 0 radical (unpaired) electrons. The molecule has 0 spiro atoms. The summed E-state index contributed by atoms with van der Waals surface area (Å²) in [5.41, 5.74) is 5.04. The van der Waals surface area contributed by atoms with E-state index in [0.29, 0.717) is 6.61 Å². The average Bonchev–Trinajstić information content (AvgIpc) is 2.83. The molecule has 0 bridgehead atoms. The lowest BCUT2D eigenvalue weighted by atomic mass is 10.1. The first-order valence-electron chi connectivity index (χ1n) is 6.52. The molecule has 2 heterocycles. The fourth-order valence-corrected chi connectivity index (χ4v) is 2.47. The second-order valence-electron chi connectivity index (χ2n) is 4.54. The Hall–Kier alpha value is -1.45. The van der Waals surface area contributed by atoms with Crippen molar-refractivity contribution in [1.82, 2.24) is 10.3 Å². The zero-order valence-electron chi connectivity index (χ0n) is 11.0. The summed E-state index contributed by atoms with van der Waals surface area (Å²) in [6.07, 6.45) is 1.08. The maximum Gasteiger partial charge on any atom is 0.128 e. The molecule has 0 unspecified atom stereocenters. The lowest BCUT2D eigenvalue weighted by molar-refractivity contribution is 0.341. The second-order valence-corrected chi connectivity index (χ2v) is 4.54. The van der Waals surface area contributed by atoms with E-state index in [0.717, 1.165) is 36.5 Å². The van der Waals surface area contributed by atoms with E-state index in [9.17, 15) is 0 Å². The van der Waals surface area contributed by atoms with Crippen molar-refractivity contribution < 1.29 is 4.74 Å². The zero-order chi connectivity index (χ0) is 12.4. The van der Waals surface area contributed by atoms with Crippen molar-refractivity contribution in [3.63, 3.8) is 0 Å². The quantitative estimate of drug-likeness (QED) is 0.905. The Balaban J connectivity index is 0.00000133. The molecule has 0 saturated carbocycles. The molecule has 1 aliphatic heterocycles. The van der Waals surface area contributed by atoms with Crippen LogP contribution in [0.3, 0.4) is 0 Å². The number of H-pyrrole nitrogens is 1. The molecule has 0 fully saturated rings. The average molecular weight is 279 g/mol. The summed E-state index contributed by atoms with van der Waals surface area (Å²) in [7, 11) is 0. The summed E-state index contributed by atoms with van der Waals surface area (Å²) in [5.74, 6) is 0.951. The first kappa shape index (κ1) is 14.0. The van der Waals surface area contributed by atoms with Crippen LogP contribution in [0.1, 0.15) is 18.2 Å². The third-order valence-corrected chi connectivity index (χ3v) is 3.34. The van der Waals surface area contributed by atoms with Crippen molar-refractivity contribution in [2.75, 3.05) is 13.2 Å². The predicted molar refractivity (Wildman–Crippen MR) is 80.1 cm³/mol. The molecule has 2 N–H and O–H groups in total. The molecule has 3 rings (SSSR count). The van der Waals surface area contributed by atoms with Gasteiger partial charge in [0.05, 0.1) is 6.61 Å². The normalized spacial score (nSPS) is 13.5. The van der Waals surface area contributed by atoms with E-state index in [1.807, 2.05) is 19.1 Å². The highest BCUT2D eigenvalue weighted by molar-refractivity contribution is 5.85. The molecule has 0 saturated heterocycles. The molecule has 3 nitrogen and oxygen atoms in total. The fraction of sp³-hybridized carbons (Fsp3) is 0.333. The monoisotopic (exact) mass is 278 g/mol. The van der Waals surface area contributed by atoms with Crippen LogP contribution < -0.4 is 10.1 Å². The van der Waals surface area contributed by atoms with Crippen LogP contribution in [0.2, 0.25) is 0 Å². The van der Waals surface area contributed by atoms with Crippen LogP contribution in [-0.2, 0) is 13.0 Å². The number of hydrogen-bond donors (Lipinski definition) is 2. The molecule has 1 aromatic carbocycles. The Kier molecular flexibility index (Phi) is 4.51. The van der Waals surface area contributed by atoms with Gasteiger partial charge in [-0.1, -0.05) is 12.1 Å². The number of aromatic nitrogens is 1. The Morgan fingerprint density at radius 1 is 1.26 bits per heavy atom. The van der Waals surface area contributed by atoms with Crippen LogP contribution in [0.25, 0.3) is 11.3 Å². The van der Waals surface area contributed by atoms with E-state index in [2.05, 4.69) is 28.5 Å². The van der Waals surface area contributed by atoms with Gasteiger partial charge in [-0.2, -0.15) is 0 Å². The standard InChI is InChI=1S/C15H18N2O.ClH/c1-2-18-15-6-4-3-5-12(15)14-9-11-10-16-8-7-13(11)17-14;/h3-6,9,16-17H,2,7-8,10H2,1H3;1H. The fourth-order valence-electron chi connectivity index (χ4n) is 2.47. The molecule has 0 atom stereocenters. The van der Waals surface area contributed by atoms with Crippen molar-refractivity contribution in [3.8, 4) is 17.0 Å². The lowest BCUT2D eigenvalue weighted by Gasteiger charge is -2.11. The Bertz CT molecular complexity index is 527. The van der Waals surface area contributed by atoms with Gasteiger partial charge >= 0.3 is 0 Å². The number of para-hydroxylation sites is 1. The molecule has 1 aromatic heterocycles. The van der Waals surface area contributed by atoms with Crippen molar-refractivity contribution >= 4 is 12.4 Å². The summed E-state index contributed by atoms with van der Waals surface area (Å²) in [4.78, 5) is 3.53. The molecule has 2 aromatic rings. The second kappa shape index (κ2) is 6.13. The number of ether oxygens (including phenoxy) is 1. The van der Waals surface area contributed by atoms with Crippen molar-refractivity contribution in [2.24, 2.45) is 0 Å². The number of hydrogen-bond acceptors (Lipinski definition) is 2. The van der Waals surface area contributed by atoms with Gasteiger partial charge in [-0.15, -0.1) is 12.4 Å². The van der Waals surface area contributed by atoms with Crippen LogP contribution in [0, 0.1) is 0 Å². The number of halogens is 1. The van der Waals surface area contributed by atoms with E-state index < -0.39 is 0 Å². The van der Waals surface area contributed by atoms with Gasteiger partial charge < -0.3 is 15.0 Å². The lowest BCUT2D eigenvalue weighted by Crippen LogP contribution is -2.22. The minimum absolute atomic E-state index is 0. The molecule has 0 amide bonds. The van der Waals surface area contributed by atoms with Gasteiger partial charge in [0.1, 0.15) is 5.75 Å². The number of nitrogens with one attached hydrogen (secondary N) is 2. The largest absolute Gasteiger partial charge is 0.493 e. The predicted octanol–water partition coefficient (Wildman–Crippen LogP) is 3.15. The Morgan fingerprint density at radius 3 is 2.89 bits per heavy atom.